The minimum atomic E-state index is -0.227. The van der Waals surface area contributed by atoms with Crippen LogP contribution >= 0.6 is 22.9 Å². The van der Waals surface area contributed by atoms with E-state index in [4.69, 9.17) is 21.3 Å². The quantitative estimate of drug-likeness (QED) is 0.413. The first kappa shape index (κ1) is 21.9. The van der Waals surface area contributed by atoms with Crippen molar-refractivity contribution in [1.82, 2.24) is 25.3 Å². The van der Waals surface area contributed by atoms with E-state index in [0.29, 0.717) is 45.6 Å². The zero-order valence-corrected chi connectivity index (χ0v) is 19.6. The molecule has 0 unspecified atom stereocenters. The molecule has 1 aromatic carbocycles. The number of hydrogen-bond donors (Lipinski definition) is 2. The van der Waals surface area contributed by atoms with Gasteiger partial charge in [-0.1, -0.05) is 23.7 Å². The molecule has 5 rings (SSSR count). The molecule has 1 aliphatic heterocycles. The number of fused-ring (bicyclic) bond motifs is 2. The molecule has 0 spiro atoms. The molecule has 1 atom stereocenters. The van der Waals surface area contributed by atoms with E-state index in [1.807, 2.05) is 25.1 Å². The van der Waals surface area contributed by atoms with Crippen molar-refractivity contribution in [3.8, 4) is 0 Å². The zero-order valence-electron chi connectivity index (χ0n) is 18.0. The summed E-state index contributed by atoms with van der Waals surface area (Å²) in [4.78, 5) is 31.7. The lowest BCUT2D eigenvalue weighted by molar-refractivity contribution is 0.0642. The summed E-state index contributed by atoms with van der Waals surface area (Å²) in [6.07, 6.45) is 3.40. The molecule has 4 heterocycles. The summed E-state index contributed by atoms with van der Waals surface area (Å²) >= 11 is 7.95. The van der Waals surface area contributed by atoms with Crippen LogP contribution in [-0.4, -0.2) is 45.6 Å². The molecule has 2 N–H and O–H groups in total. The number of rotatable bonds is 6. The monoisotopic (exact) mass is 482 g/mol. The van der Waals surface area contributed by atoms with E-state index in [1.165, 1.54) is 17.7 Å². The van der Waals surface area contributed by atoms with Gasteiger partial charge in [-0.25, -0.2) is 19.9 Å². The number of benzene rings is 1. The lowest BCUT2D eigenvalue weighted by atomic mass is 10.00. The number of nitrogens with zero attached hydrogens (tertiary/aromatic N) is 4. The fraction of sp³-hybridized carbons (Fsp3) is 0.348. The van der Waals surface area contributed by atoms with Crippen molar-refractivity contribution in [1.29, 1.82) is 0 Å². The van der Waals surface area contributed by atoms with Crippen molar-refractivity contribution < 1.29 is 9.53 Å². The van der Waals surface area contributed by atoms with Crippen LogP contribution in [0.25, 0.3) is 21.1 Å². The Balaban J connectivity index is 1.45. The number of hydrogen-bond acceptors (Lipinski definition) is 8. The minimum Gasteiger partial charge on any atom is -0.381 e. The predicted octanol–water partition coefficient (Wildman–Crippen LogP) is 4.62. The van der Waals surface area contributed by atoms with Crippen LogP contribution in [0.3, 0.4) is 0 Å². The normalized spacial score (nSPS) is 15.6. The van der Waals surface area contributed by atoms with Crippen molar-refractivity contribution in [2.24, 2.45) is 5.92 Å². The van der Waals surface area contributed by atoms with E-state index >= 15 is 0 Å². The van der Waals surface area contributed by atoms with Crippen LogP contribution in [0.2, 0.25) is 5.02 Å². The lowest BCUT2D eigenvalue weighted by Gasteiger charge is -2.22. The van der Waals surface area contributed by atoms with E-state index in [1.54, 1.807) is 11.6 Å². The van der Waals surface area contributed by atoms with Crippen LogP contribution < -0.4 is 10.6 Å². The molecule has 0 saturated carbocycles. The van der Waals surface area contributed by atoms with Gasteiger partial charge in [0.25, 0.3) is 5.91 Å². The lowest BCUT2D eigenvalue weighted by Crippen LogP contribution is -2.33. The Morgan fingerprint density at radius 1 is 1.27 bits per heavy atom. The molecule has 33 heavy (non-hydrogen) atoms. The third kappa shape index (κ3) is 4.62. The maximum atomic E-state index is 13.2. The van der Waals surface area contributed by atoms with E-state index in [0.717, 1.165) is 36.3 Å². The molecule has 170 valence electrons. The molecule has 8 nitrogen and oxygen atoms in total. The summed E-state index contributed by atoms with van der Waals surface area (Å²) in [6, 6.07) is 7.32. The molecule has 1 amide bonds. The van der Waals surface area contributed by atoms with E-state index in [9.17, 15) is 4.79 Å². The molecule has 0 bridgehead atoms. The number of thiazole rings is 1. The van der Waals surface area contributed by atoms with Gasteiger partial charge >= 0.3 is 0 Å². The summed E-state index contributed by atoms with van der Waals surface area (Å²) in [5, 5.41) is 8.45. The first-order valence-corrected chi connectivity index (χ1v) is 12.1. The largest absolute Gasteiger partial charge is 0.381 e. The van der Waals surface area contributed by atoms with Gasteiger partial charge < -0.3 is 15.4 Å². The van der Waals surface area contributed by atoms with Crippen molar-refractivity contribution in [3.05, 3.63) is 52.5 Å². The number of pyridine rings is 1. The molecule has 4 aromatic rings. The van der Waals surface area contributed by atoms with Crippen molar-refractivity contribution in [2.75, 3.05) is 25.1 Å². The molecule has 1 fully saturated rings. The third-order valence-corrected chi connectivity index (χ3v) is 6.91. The highest BCUT2D eigenvalue weighted by molar-refractivity contribution is 7.16. The third-order valence-electron chi connectivity index (χ3n) is 5.87. The van der Waals surface area contributed by atoms with Gasteiger partial charge in [-0.15, -0.1) is 11.3 Å². The van der Waals surface area contributed by atoms with Crippen LogP contribution in [-0.2, 0) is 4.74 Å². The predicted molar refractivity (Wildman–Crippen MR) is 130 cm³/mol. The second-order valence-corrected chi connectivity index (χ2v) is 9.33. The number of amides is 1. The van der Waals surface area contributed by atoms with Crippen molar-refractivity contribution in [3.63, 3.8) is 0 Å². The van der Waals surface area contributed by atoms with Crippen LogP contribution in [0.15, 0.2) is 36.1 Å². The Bertz CT molecular complexity index is 1310. The zero-order chi connectivity index (χ0) is 22.8. The summed E-state index contributed by atoms with van der Waals surface area (Å²) in [7, 11) is 0. The highest BCUT2D eigenvalue weighted by Gasteiger charge is 2.21. The SMILES string of the molecule is C[C@H](Nc1ncnc2scnc12)c1cc2cccc(Cl)c2c(C(=O)NCC2CCOCC2)n1. The topological polar surface area (TPSA) is 102 Å². The van der Waals surface area contributed by atoms with Gasteiger partial charge in [0.15, 0.2) is 5.82 Å². The summed E-state index contributed by atoms with van der Waals surface area (Å²) in [5.41, 5.74) is 3.50. The maximum Gasteiger partial charge on any atom is 0.270 e. The summed E-state index contributed by atoms with van der Waals surface area (Å²) in [5.74, 6) is 0.816. The van der Waals surface area contributed by atoms with Crippen LogP contribution in [0.5, 0.6) is 0 Å². The van der Waals surface area contributed by atoms with Gasteiger partial charge in [-0.2, -0.15) is 0 Å². The average molecular weight is 483 g/mol. The number of carbonyl (C=O) groups excluding carboxylic acids is 1. The number of nitrogens with one attached hydrogen (secondary N) is 2. The van der Waals surface area contributed by atoms with Gasteiger partial charge in [-0.3, -0.25) is 4.79 Å². The number of ether oxygens (including phenoxy) is 1. The molecule has 10 heteroatoms. The standard InChI is InChI=1S/C23H23ClN6O2S/c1-13(29-21-20-23(27-11-26-21)33-12-28-20)17-9-15-3-2-4-16(24)18(15)19(30-17)22(31)25-10-14-5-7-32-8-6-14/h2-4,9,11-14H,5-8,10H2,1H3,(H,25,31)(H,26,27,29)/t13-/m0/s1. The van der Waals surface area contributed by atoms with E-state index in [2.05, 4.69) is 25.6 Å². The first-order chi connectivity index (χ1) is 16.1. The number of carbonyl (C=O) groups is 1. The van der Waals surface area contributed by atoms with Crippen molar-refractivity contribution in [2.45, 2.75) is 25.8 Å². The number of aromatic nitrogens is 4. The van der Waals surface area contributed by atoms with Gasteiger partial charge in [0, 0.05) is 25.1 Å². The Kier molecular flexibility index (Phi) is 6.34. The molecular formula is C23H23ClN6O2S. The van der Waals surface area contributed by atoms with Gasteiger partial charge in [0.2, 0.25) is 0 Å². The fourth-order valence-electron chi connectivity index (χ4n) is 4.02. The van der Waals surface area contributed by atoms with Gasteiger partial charge in [-0.05, 0) is 43.2 Å². The van der Waals surface area contributed by atoms with E-state index in [-0.39, 0.29) is 11.9 Å². The summed E-state index contributed by atoms with van der Waals surface area (Å²) < 4.78 is 5.41. The highest BCUT2D eigenvalue weighted by atomic mass is 35.5. The van der Waals surface area contributed by atoms with Crippen LogP contribution in [0.1, 0.15) is 42.0 Å². The molecule has 0 radical (unpaired) electrons. The molecule has 0 aliphatic carbocycles. The van der Waals surface area contributed by atoms with Gasteiger partial charge in [0.05, 0.1) is 22.3 Å². The smallest absolute Gasteiger partial charge is 0.270 e. The Hall–Kier alpha value is -2.88. The second kappa shape index (κ2) is 9.54. The average Bonchev–Trinajstić information content (AvgIpc) is 3.33. The summed E-state index contributed by atoms with van der Waals surface area (Å²) in [6.45, 7) is 4.04. The van der Waals surface area contributed by atoms with Crippen LogP contribution in [0.4, 0.5) is 5.82 Å². The number of anilines is 1. The second-order valence-electron chi connectivity index (χ2n) is 8.09. The van der Waals surface area contributed by atoms with Gasteiger partial charge in [0.1, 0.15) is 22.4 Å². The molecule has 3 aromatic heterocycles. The van der Waals surface area contributed by atoms with Crippen LogP contribution in [0, 0.1) is 5.92 Å². The molecule has 1 saturated heterocycles. The maximum absolute atomic E-state index is 13.2. The first-order valence-electron chi connectivity index (χ1n) is 10.9. The Morgan fingerprint density at radius 2 is 2.12 bits per heavy atom. The van der Waals surface area contributed by atoms with Crippen molar-refractivity contribution >= 4 is 55.8 Å². The molecular weight excluding hydrogens is 460 g/mol. The fourth-order valence-corrected chi connectivity index (χ4v) is 4.92. The number of halogens is 1. The Morgan fingerprint density at radius 3 is 2.97 bits per heavy atom. The highest BCUT2D eigenvalue weighted by Crippen LogP contribution is 2.30. The minimum absolute atomic E-state index is 0.224. The molecule has 1 aliphatic rings. The van der Waals surface area contributed by atoms with E-state index < -0.39 is 0 Å². The Labute approximate surface area is 199 Å².